The first-order valence-electron chi connectivity index (χ1n) is 6.35. The molecule has 0 radical (unpaired) electrons. The molecule has 0 N–H and O–H groups in total. The van der Waals surface area contributed by atoms with Crippen LogP contribution < -0.4 is 0 Å². The van der Waals surface area contributed by atoms with Gasteiger partial charge in [0.2, 0.25) is 0 Å². The summed E-state index contributed by atoms with van der Waals surface area (Å²) in [6, 6.07) is 14.9. The van der Waals surface area contributed by atoms with E-state index >= 15 is 0 Å². The fourth-order valence-corrected chi connectivity index (χ4v) is 3.39. The minimum Gasteiger partial charge on any atom is -0.469 e. The van der Waals surface area contributed by atoms with Crippen LogP contribution in [-0.2, 0) is 0 Å². The van der Waals surface area contributed by atoms with Crippen molar-refractivity contribution in [2.75, 3.05) is 0 Å². The van der Waals surface area contributed by atoms with Crippen LogP contribution in [-0.4, -0.2) is 0 Å². The van der Waals surface area contributed by atoms with Gasteiger partial charge in [-0.2, -0.15) is 0 Å². The number of fused-ring (bicyclic) bond motifs is 1. The third kappa shape index (κ3) is 2.10. The van der Waals surface area contributed by atoms with E-state index in [1.54, 1.807) is 6.26 Å². The Balaban J connectivity index is 2.21. The van der Waals surface area contributed by atoms with E-state index in [1.807, 2.05) is 13.0 Å². The average molecular weight is 315 g/mol. The number of halogens is 1. The minimum atomic E-state index is 0.164. The Kier molecular flexibility index (Phi) is 3.19. The Hall–Kier alpha value is -1.54. The van der Waals surface area contributed by atoms with E-state index in [2.05, 4.69) is 59.3 Å². The summed E-state index contributed by atoms with van der Waals surface area (Å²) in [5, 5.41) is 2.61. The second-order valence-electron chi connectivity index (χ2n) is 4.81. The minimum absolute atomic E-state index is 0.164. The molecule has 3 aromatic rings. The Morgan fingerprint density at radius 1 is 0.895 bits per heavy atom. The van der Waals surface area contributed by atoms with Crippen LogP contribution in [0.2, 0.25) is 0 Å². The lowest BCUT2D eigenvalue weighted by atomic mass is 9.96. The summed E-state index contributed by atoms with van der Waals surface area (Å²) in [7, 11) is 0. The molecule has 1 unspecified atom stereocenters. The van der Waals surface area contributed by atoms with Gasteiger partial charge in [0.05, 0.1) is 11.1 Å². The van der Waals surface area contributed by atoms with Crippen LogP contribution in [0, 0.1) is 13.8 Å². The van der Waals surface area contributed by atoms with E-state index in [-0.39, 0.29) is 4.83 Å². The van der Waals surface area contributed by atoms with Gasteiger partial charge >= 0.3 is 0 Å². The highest BCUT2D eigenvalue weighted by Crippen LogP contribution is 2.37. The standard InChI is InChI=1S/C17H15BrO/c1-11-7-8-16(15-6-4-3-5-13(11)15)17(18)14-9-10-19-12(14)2/h3-10,17H,1-2H3. The average Bonchev–Trinajstić information content (AvgIpc) is 2.85. The van der Waals surface area contributed by atoms with Crippen molar-refractivity contribution in [2.45, 2.75) is 18.7 Å². The van der Waals surface area contributed by atoms with Gasteiger partial charge in [0.1, 0.15) is 5.76 Å². The quantitative estimate of drug-likeness (QED) is 0.566. The molecule has 96 valence electrons. The molecule has 1 heterocycles. The summed E-state index contributed by atoms with van der Waals surface area (Å²) in [5.74, 6) is 0.964. The second kappa shape index (κ2) is 4.86. The molecule has 1 atom stereocenters. The van der Waals surface area contributed by atoms with E-state index < -0.39 is 0 Å². The van der Waals surface area contributed by atoms with Crippen LogP contribution in [0.5, 0.6) is 0 Å². The van der Waals surface area contributed by atoms with Gasteiger partial charge in [-0.3, -0.25) is 0 Å². The largest absolute Gasteiger partial charge is 0.469 e. The molecule has 0 aliphatic carbocycles. The summed E-state index contributed by atoms with van der Waals surface area (Å²) in [6.45, 7) is 4.15. The molecular formula is C17H15BrO. The maximum atomic E-state index is 5.41. The van der Waals surface area contributed by atoms with E-state index in [9.17, 15) is 0 Å². The third-order valence-electron chi connectivity index (χ3n) is 3.62. The maximum absolute atomic E-state index is 5.41. The van der Waals surface area contributed by atoms with Gasteiger partial charge in [-0.05, 0) is 41.8 Å². The van der Waals surface area contributed by atoms with Crippen molar-refractivity contribution in [3.05, 3.63) is 71.2 Å². The van der Waals surface area contributed by atoms with E-state index in [1.165, 1.54) is 27.5 Å². The molecule has 0 bridgehead atoms. The van der Waals surface area contributed by atoms with Gasteiger partial charge in [-0.25, -0.2) is 0 Å². The van der Waals surface area contributed by atoms with Crippen LogP contribution in [0.3, 0.4) is 0 Å². The lowest BCUT2D eigenvalue weighted by Crippen LogP contribution is -1.95. The Labute approximate surface area is 121 Å². The van der Waals surface area contributed by atoms with E-state index in [4.69, 9.17) is 4.42 Å². The Morgan fingerprint density at radius 2 is 1.63 bits per heavy atom. The third-order valence-corrected chi connectivity index (χ3v) is 4.61. The van der Waals surface area contributed by atoms with Crippen molar-refractivity contribution >= 4 is 26.7 Å². The number of aryl methyl sites for hydroxylation is 2. The summed E-state index contributed by atoms with van der Waals surface area (Å²) >= 11 is 3.81. The number of hydrogen-bond acceptors (Lipinski definition) is 1. The fraction of sp³-hybridized carbons (Fsp3) is 0.176. The molecule has 1 aromatic heterocycles. The molecule has 0 saturated heterocycles. The zero-order valence-corrected chi connectivity index (χ0v) is 12.6. The van der Waals surface area contributed by atoms with E-state index in [0.29, 0.717) is 0 Å². The molecule has 19 heavy (non-hydrogen) atoms. The molecule has 0 spiro atoms. The van der Waals surface area contributed by atoms with Crippen molar-refractivity contribution in [3.8, 4) is 0 Å². The molecule has 2 heteroatoms. The second-order valence-corrected chi connectivity index (χ2v) is 5.73. The first-order chi connectivity index (χ1) is 9.18. The first-order valence-corrected chi connectivity index (χ1v) is 7.26. The molecule has 0 saturated carbocycles. The zero-order chi connectivity index (χ0) is 13.4. The van der Waals surface area contributed by atoms with Crippen LogP contribution in [0.15, 0.2) is 53.1 Å². The molecular weight excluding hydrogens is 300 g/mol. The highest BCUT2D eigenvalue weighted by molar-refractivity contribution is 9.09. The molecule has 1 nitrogen and oxygen atoms in total. The molecule has 3 rings (SSSR count). The van der Waals surface area contributed by atoms with Crippen LogP contribution in [0.25, 0.3) is 10.8 Å². The lowest BCUT2D eigenvalue weighted by molar-refractivity contribution is 0.530. The van der Waals surface area contributed by atoms with Crippen LogP contribution in [0.1, 0.15) is 27.3 Å². The normalized spacial score (nSPS) is 12.8. The number of furan rings is 1. The molecule has 0 aliphatic heterocycles. The summed E-state index contributed by atoms with van der Waals surface area (Å²) in [6.07, 6.45) is 1.75. The molecule has 0 fully saturated rings. The van der Waals surface area contributed by atoms with Crippen LogP contribution >= 0.6 is 15.9 Å². The number of benzene rings is 2. The maximum Gasteiger partial charge on any atom is 0.105 e. The summed E-state index contributed by atoms with van der Waals surface area (Å²) < 4.78 is 5.41. The van der Waals surface area contributed by atoms with Gasteiger partial charge in [0.15, 0.2) is 0 Å². The Morgan fingerprint density at radius 3 is 2.32 bits per heavy atom. The van der Waals surface area contributed by atoms with Crippen LogP contribution in [0.4, 0.5) is 0 Å². The monoisotopic (exact) mass is 314 g/mol. The van der Waals surface area contributed by atoms with Crippen molar-refractivity contribution in [1.82, 2.24) is 0 Å². The zero-order valence-electron chi connectivity index (χ0n) is 11.0. The highest BCUT2D eigenvalue weighted by Gasteiger charge is 2.17. The van der Waals surface area contributed by atoms with Gasteiger partial charge in [-0.15, -0.1) is 0 Å². The topological polar surface area (TPSA) is 13.1 Å². The van der Waals surface area contributed by atoms with Gasteiger partial charge in [-0.1, -0.05) is 52.3 Å². The van der Waals surface area contributed by atoms with Gasteiger partial charge < -0.3 is 4.42 Å². The summed E-state index contributed by atoms with van der Waals surface area (Å²) in [5.41, 5.74) is 3.78. The Bertz CT molecular complexity index is 727. The fourth-order valence-electron chi connectivity index (χ4n) is 2.52. The predicted octanol–water partition coefficient (Wildman–Crippen LogP) is 5.53. The number of alkyl halides is 1. The van der Waals surface area contributed by atoms with Crippen molar-refractivity contribution < 1.29 is 4.42 Å². The number of rotatable bonds is 2. The van der Waals surface area contributed by atoms with Crippen molar-refractivity contribution in [3.63, 3.8) is 0 Å². The van der Waals surface area contributed by atoms with Crippen molar-refractivity contribution in [2.24, 2.45) is 0 Å². The molecule has 2 aromatic carbocycles. The van der Waals surface area contributed by atoms with Crippen molar-refractivity contribution in [1.29, 1.82) is 0 Å². The van der Waals surface area contributed by atoms with Gasteiger partial charge in [0, 0.05) is 5.56 Å². The first kappa shape index (κ1) is 12.5. The van der Waals surface area contributed by atoms with E-state index in [0.717, 1.165) is 5.76 Å². The molecule has 0 amide bonds. The summed E-state index contributed by atoms with van der Waals surface area (Å²) in [4.78, 5) is 0.164. The number of hydrogen-bond donors (Lipinski definition) is 0. The SMILES string of the molecule is Cc1occc1C(Br)c1ccc(C)c2ccccc12. The predicted molar refractivity (Wildman–Crippen MR) is 82.9 cm³/mol. The smallest absolute Gasteiger partial charge is 0.105 e. The van der Waals surface area contributed by atoms with Gasteiger partial charge in [0.25, 0.3) is 0 Å². The highest BCUT2D eigenvalue weighted by atomic mass is 79.9. The molecule has 0 aliphatic rings. The lowest BCUT2D eigenvalue weighted by Gasteiger charge is -2.14.